The van der Waals surface area contributed by atoms with E-state index >= 15 is 0 Å². The summed E-state index contributed by atoms with van der Waals surface area (Å²) in [5, 5.41) is 9.12. The van der Waals surface area contributed by atoms with Gasteiger partial charge in [0.15, 0.2) is 5.78 Å². The van der Waals surface area contributed by atoms with Gasteiger partial charge in [-0.1, -0.05) is 0 Å². The molecule has 0 aromatic heterocycles. The number of hydrogen-bond donors (Lipinski definition) is 1. The lowest BCUT2D eigenvalue weighted by Gasteiger charge is -2.38. The van der Waals surface area contributed by atoms with Crippen LogP contribution in [-0.2, 0) is 4.74 Å². The summed E-state index contributed by atoms with van der Waals surface area (Å²) in [6.07, 6.45) is 0. The molecule has 1 aliphatic heterocycles. The Morgan fingerprint density at radius 2 is 2.12 bits per heavy atom. The molecule has 1 aromatic carbocycles. The fourth-order valence-corrected chi connectivity index (χ4v) is 1.60. The third-order valence-corrected chi connectivity index (χ3v) is 2.72. The van der Waals surface area contributed by atoms with E-state index in [1.54, 1.807) is 0 Å². The third-order valence-electron chi connectivity index (χ3n) is 2.72. The number of carbonyl (C=O) groups is 1. The van der Waals surface area contributed by atoms with Crippen LogP contribution in [0.3, 0.4) is 0 Å². The Morgan fingerprint density at radius 3 is 2.56 bits per heavy atom. The van der Waals surface area contributed by atoms with Gasteiger partial charge in [0.05, 0.1) is 25.4 Å². The number of aliphatic hydroxyl groups is 1. The largest absolute Gasteiger partial charge is 0.395 e. The molecule has 0 saturated carbocycles. The van der Waals surface area contributed by atoms with Crippen molar-refractivity contribution in [1.82, 2.24) is 0 Å². The van der Waals surface area contributed by atoms with Crippen molar-refractivity contribution >= 4 is 5.78 Å². The van der Waals surface area contributed by atoms with Crippen molar-refractivity contribution < 1.29 is 23.4 Å². The van der Waals surface area contributed by atoms with E-state index in [-0.39, 0.29) is 18.8 Å². The summed E-state index contributed by atoms with van der Waals surface area (Å²) in [4.78, 5) is 11.9. The molecule has 0 radical (unpaired) electrons. The molecule has 0 aliphatic carbocycles. The highest BCUT2D eigenvalue weighted by Crippen LogP contribution is 2.32. The Kier molecular flexibility index (Phi) is 2.73. The van der Waals surface area contributed by atoms with Crippen molar-refractivity contribution in [1.29, 1.82) is 0 Å². The molecular formula is C11H10F2O3. The fourth-order valence-electron chi connectivity index (χ4n) is 1.60. The maximum absolute atomic E-state index is 13.3. The second kappa shape index (κ2) is 3.92. The predicted molar refractivity (Wildman–Crippen MR) is 51.0 cm³/mol. The Balaban J connectivity index is 2.33. The van der Waals surface area contributed by atoms with Gasteiger partial charge in [-0.3, -0.25) is 4.79 Å². The maximum Gasteiger partial charge on any atom is 0.178 e. The zero-order chi connectivity index (χ0) is 11.8. The molecule has 0 amide bonds. The molecule has 2 rings (SSSR count). The van der Waals surface area contributed by atoms with Crippen LogP contribution in [0.15, 0.2) is 18.2 Å². The van der Waals surface area contributed by atoms with Crippen LogP contribution in [0, 0.1) is 17.0 Å². The molecule has 0 spiro atoms. The molecular weight excluding hydrogens is 218 g/mol. The molecule has 0 bridgehead atoms. The average molecular weight is 228 g/mol. The van der Waals surface area contributed by atoms with E-state index in [2.05, 4.69) is 0 Å². The zero-order valence-electron chi connectivity index (χ0n) is 8.37. The minimum Gasteiger partial charge on any atom is -0.395 e. The highest BCUT2D eigenvalue weighted by atomic mass is 19.1. The van der Waals surface area contributed by atoms with E-state index in [4.69, 9.17) is 9.84 Å². The third kappa shape index (κ3) is 1.62. The summed E-state index contributed by atoms with van der Waals surface area (Å²) in [5.74, 6) is -2.19. The first-order valence-electron chi connectivity index (χ1n) is 4.77. The van der Waals surface area contributed by atoms with Crippen molar-refractivity contribution in [2.45, 2.75) is 0 Å². The molecule has 1 saturated heterocycles. The molecule has 86 valence electrons. The second-order valence-electron chi connectivity index (χ2n) is 3.88. The minimum atomic E-state index is -1.06. The topological polar surface area (TPSA) is 46.5 Å². The van der Waals surface area contributed by atoms with E-state index in [0.717, 1.165) is 12.1 Å². The summed E-state index contributed by atoms with van der Waals surface area (Å²) < 4.78 is 30.9. The summed E-state index contributed by atoms with van der Waals surface area (Å²) in [6, 6.07) is 2.75. The van der Waals surface area contributed by atoms with Crippen LogP contribution in [0.1, 0.15) is 10.4 Å². The smallest absolute Gasteiger partial charge is 0.178 e. The van der Waals surface area contributed by atoms with Crippen LogP contribution in [0.2, 0.25) is 0 Å². The molecule has 1 heterocycles. The number of rotatable bonds is 3. The van der Waals surface area contributed by atoms with Crippen LogP contribution < -0.4 is 0 Å². The molecule has 3 nitrogen and oxygen atoms in total. The monoisotopic (exact) mass is 228 g/mol. The van der Waals surface area contributed by atoms with Crippen LogP contribution in [0.25, 0.3) is 0 Å². The molecule has 16 heavy (non-hydrogen) atoms. The second-order valence-corrected chi connectivity index (χ2v) is 3.88. The van der Waals surface area contributed by atoms with Gasteiger partial charge >= 0.3 is 0 Å². The SMILES string of the molecule is O=C(c1ccc(F)cc1F)C1(CO)COC1. The van der Waals surface area contributed by atoms with E-state index in [1.807, 2.05) is 0 Å². The Labute approximate surface area is 90.7 Å². The Morgan fingerprint density at radius 1 is 1.44 bits per heavy atom. The van der Waals surface area contributed by atoms with Crippen molar-refractivity contribution in [3.05, 3.63) is 35.4 Å². The van der Waals surface area contributed by atoms with Gasteiger partial charge in [0, 0.05) is 6.07 Å². The van der Waals surface area contributed by atoms with E-state index in [9.17, 15) is 13.6 Å². The van der Waals surface area contributed by atoms with Gasteiger partial charge in [-0.2, -0.15) is 0 Å². The number of carbonyl (C=O) groups excluding carboxylic acids is 1. The van der Waals surface area contributed by atoms with E-state index < -0.39 is 29.4 Å². The van der Waals surface area contributed by atoms with Gasteiger partial charge in [-0.25, -0.2) is 8.78 Å². The van der Waals surface area contributed by atoms with E-state index in [1.165, 1.54) is 0 Å². The number of hydrogen-bond acceptors (Lipinski definition) is 3. The fraction of sp³-hybridized carbons (Fsp3) is 0.364. The summed E-state index contributed by atoms with van der Waals surface area (Å²) >= 11 is 0. The lowest BCUT2D eigenvalue weighted by molar-refractivity contribution is -0.109. The number of benzene rings is 1. The van der Waals surface area contributed by atoms with Gasteiger partial charge in [-0.15, -0.1) is 0 Å². The highest BCUT2D eigenvalue weighted by Gasteiger charge is 2.46. The van der Waals surface area contributed by atoms with Gasteiger partial charge in [0.1, 0.15) is 17.0 Å². The number of ketones is 1. The van der Waals surface area contributed by atoms with Gasteiger partial charge in [0.25, 0.3) is 0 Å². The first kappa shape index (κ1) is 11.2. The molecule has 5 heteroatoms. The number of halogens is 2. The predicted octanol–water partition coefficient (Wildman–Crippen LogP) is 1.16. The first-order chi connectivity index (χ1) is 7.59. The minimum absolute atomic E-state index is 0.0686. The molecule has 1 aromatic rings. The lowest BCUT2D eigenvalue weighted by Crippen LogP contribution is -2.52. The summed E-state index contributed by atoms with van der Waals surface area (Å²) in [7, 11) is 0. The van der Waals surface area contributed by atoms with Gasteiger partial charge < -0.3 is 9.84 Å². The van der Waals surface area contributed by atoms with Crippen LogP contribution in [0.4, 0.5) is 8.78 Å². The van der Waals surface area contributed by atoms with Crippen LogP contribution in [-0.4, -0.2) is 30.7 Å². The quantitative estimate of drug-likeness (QED) is 0.789. The average Bonchev–Trinajstić information content (AvgIpc) is 2.16. The molecule has 1 aliphatic rings. The van der Waals surface area contributed by atoms with Crippen molar-refractivity contribution in [3.8, 4) is 0 Å². The van der Waals surface area contributed by atoms with E-state index in [0.29, 0.717) is 6.07 Å². The standard InChI is InChI=1S/C11H10F2O3/c12-7-1-2-8(9(13)3-7)10(15)11(4-14)5-16-6-11/h1-3,14H,4-6H2. The maximum atomic E-state index is 13.3. The molecule has 0 atom stereocenters. The first-order valence-corrected chi connectivity index (χ1v) is 4.77. The van der Waals surface area contributed by atoms with Gasteiger partial charge in [-0.05, 0) is 12.1 Å². The molecule has 1 N–H and O–H groups in total. The normalized spacial score (nSPS) is 17.9. The number of Topliss-reactive ketones (excluding diaryl/α,β-unsaturated/α-hetero) is 1. The number of aliphatic hydroxyl groups excluding tert-OH is 1. The molecule has 0 unspecified atom stereocenters. The van der Waals surface area contributed by atoms with Crippen molar-refractivity contribution in [3.63, 3.8) is 0 Å². The summed E-state index contributed by atoms with van der Waals surface area (Å²) in [5.41, 5.74) is -1.27. The van der Waals surface area contributed by atoms with Crippen molar-refractivity contribution in [2.75, 3.05) is 19.8 Å². The van der Waals surface area contributed by atoms with Crippen molar-refractivity contribution in [2.24, 2.45) is 5.41 Å². The lowest BCUT2D eigenvalue weighted by atomic mass is 9.79. The molecule has 1 fully saturated rings. The van der Waals surface area contributed by atoms with Gasteiger partial charge in [0.2, 0.25) is 0 Å². The van der Waals surface area contributed by atoms with Crippen LogP contribution in [0.5, 0.6) is 0 Å². The zero-order valence-corrected chi connectivity index (χ0v) is 8.37. The van der Waals surface area contributed by atoms with Crippen LogP contribution >= 0.6 is 0 Å². The Hall–Kier alpha value is -1.33. The Bertz CT molecular complexity index is 422. The number of ether oxygens (including phenoxy) is 1. The highest BCUT2D eigenvalue weighted by molar-refractivity contribution is 6.01. The summed E-state index contributed by atoms with van der Waals surface area (Å²) in [6.45, 7) is -0.263.